The first-order valence-electron chi connectivity index (χ1n) is 8.54. The van der Waals surface area contributed by atoms with Crippen molar-refractivity contribution in [1.29, 1.82) is 0 Å². The van der Waals surface area contributed by atoms with E-state index in [1.54, 1.807) is 12.1 Å². The highest BCUT2D eigenvalue weighted by Gasteiger charge is 2.29. The Morgan fingerprint density at radius 1 is 1.25 bits per heavy atom. The molecule has 1 saturated heterocycles. The summed E-state index contributed by atoms with van der Waals surface area (Å²) in [6, 6.07) is 3.81. The maximum absolute atomic E-state index is 12.7. The number of anilines is 1. The lowest BCUT2D eigenvalue weighted by Gasteiger charge is -2.38. The van der Waals surface area contributed by atoms with Crippen LogP contribution in [0.5, 0.6) is 0 Å². The molecule has 134 valence electrons. The van der Waals surface area contributed by atoms with E-state index in [-0.39, 0.29) is 11.5 Å². The third-order valence-corrected chi connectivity index (χ3v) is 6.85. The molecule has 1 N–H and O–H groups in total. The van der Waals surface area contributed by atoms with Gasteiger partial charge in [0.2, 0.25) is 10.0 Å². The molecule has 8 heteroatoms. The van der Waals surface area contributed by atoms with Crippen LogP contribution in [0.15, 0.2) is 23.2 Å². The second-order valence-electron chi connectivity index (χ2n) is 6.56. The molecular formula is C16H26N4O3S. The Hall–Kier alpha value is -1.22. The molecule has 0 radical (unpaired) electrons. The van der Waals surface area contributed by atoms with Crippen molar-refractivity contribution >= 4 is 15.8 Å². The monoisotopic (exact) mass is 354 g/mol. The molecule has 1 aliphatic heterocycles. The summed E-state index contributed by atoms with van der Waals surface area (Å²) in [5.74, 6) is 0.742. The van der Waals surface area contributed by atoms with Gasteiger partial charge in [0.25, 0.3) is 0 Å². The van der Waals surface area contributed by atoms with Gasteiger partial charge in [0.05, 0.1) is 6.61 Å². The minimum atomic E-state index is -3.48. The van der Waals surface area contributed by atoms with Gasteiger partial charge in [-0.2, -0.15) is 4.31 Å². The van der Waals surface area contributed by atoms with Crippen LogP contribution in [0.2, 0.25) is 0 Å². The number of hydrogen-bond donors (Lipinski definition) is 1. The second kappa shape index (κ2) is 7.35. The van der Waals surface area contributed by atoms with Gasteiger partial charge in [-0.3, -0.25) is 0 Å². The van der Waals surface area contributed by atoms with Crippen LogP contribution in [0.3, 0.4) is 0 Å². The number of pyridine rings is 1. The number of piperazine rings is 1. The minimum Gasteiger partial charge on any atom is -0.395 e. The Labute approximate surface area is 143 Å². The van der Waals surface area contributed by atoms with Crippen LogP contribution in [0.1, 0.15) is 19.3 Å². The Morgan fingerprint density at radius 2 is 1.96 bits per heavy atom. The number of aliphatic hydroxyl groups excluding tert-OH is 1. The molecular weight excluding hydrogens is 328 g/mol. The van der Waals surface area contributed by atoms with Crippen LogP contribution >= 0.6 is 0 Å². The van der Waals surface area contributed by atoms with Crippen molar-refractivity contribution in [3.63, 3.8) is 0 Å². The zero-order chi connectivity index (χ0) is 17.2. The fraction of sp³-hybridized carbons (Fsp3) is 0.688. The number of sulfonamides is 1. The summed E-state index contributed by atoms with van der Waals surface area (Å²) in [5, 5.41) is 9.27. The van der Waals surface area contributed by atoms with E-state index in [2.05, 4.69) is 14.8 Å². The number of nitrogens with zero attached hydrogens (tertiary/aromatic N) is 4. The van der Waals surface area contributed by atoms with Gasteiger partial charge in [-0.25, -0.2) is 13.4 Å². The molecule has 1 aromatic rings. The number of rotatable bonds is 6. The van der Waals surface area contributed by atoms with Gasteiger partial charge in [-0.15, -0.1) is 0 Å². The SMILES string of the molecule is CN1CCN(S(=O)(=O)c2ccc(N(CCO)C3CCC3)nc2)CC1. The Morgan fingerprint density at radius 3 is 2.46 bits per heavy atom. The maximum atomic E-state index is 12.7. The summed E-state index contributed by atoms with van der Waals surface area (Å²) in [4.78, 5) is 8.82. The normalized spacial score (nSPS) is 20.8. The second-order valence-corrected chi connectivity index (χ2v) is 8.50. The smallest absolute Gasteiger partial charge is 0.244 e. The molecule has 2 fully saturated rings. The molecule has 3 rings (SSSR count). The predicted molar refractivity (Wildman–Crippen MR) is 92.6 cm³/mol. The van der Waals surface area contributed by atoms with Crippen LogP contribution in [0, 0.1) is 0 Å². The molecule has 7 nitrogen and oxygen atoms in total. The predicted octanol–water partition coefficient (Wildman–Crippen LogP) is 0.369. The standard InChI is InChI=1S/C16H26N4O3S/c1-18-7-9-19(10-8-18)24(22,23)15-5-6-16(17-13-15)20(11-12-21)14-3-2-4-14/h5-6,13-14,21H,2-4,7-12H2,1H3. The van der Waals surface area contributed by atoms with Crippen molar-refractivity contribution in [3.8, 4) is 0 Å². The van der Waals surface area contributed by atoms with E-state index in [1.165, 1.54) is 16.9 Å². The van der Waals surface area contributed by atoms with Crippen molar-refractivity contribution in [2.45, 2.75) is 30.2 Å². The first kappa shape index (κ1) is 17.6. The van der Waals surface area contributed by atoms with Crippen LogP contribution in [-0.2, 0) is 10.0 Å². The van der Waals surface area contributed by atoms with E-state index < -0.39 is 10.0 Å². The van der Waals surface area contributed by atoms with E-state index in [9.17, 15) is 13.5 Å². The summed E-state index contributed by atoms with van der Waals surface area (Å²) < 4.78 is 27.0. The van der Waals surface area contributed by atoms with Gasteiger partial charge in [0.1, 0.15) is 10.7 Å². The lowest BCUT2D eigenvalue weighted by molar-refractivity contribution is 0.222. The third kappa shape index (κ3) is 3.56. The minimum absolute atomic E-state index is 0.0690. The molecule has 24 heavy (non-hydrogen) atoms. The topological polar surface area (TPSA) is 77.0 Å². The van der Waals surface area contributed by atoms with Crippen molar-refractivity contribution in [3.05, 3.63) is 18.3 Å². The van der Waals surface area contributed by atoms with E-state index in [4.69, 9.17) is 0 Å². The van der Waals surface area contributed by atoms with Crippen LogP contribution in [-0.4, -0.2) is 80.1 Å². The number of likely N-dealkylation sites (N-methyl/N-ethyl adjacent to an activating group) is 1. The summed E-state index contributed by atoms with van der Waals surface area (Å²) in [5.41, 5.74) is 0. The lowest BCUT2D eigenvalue weighted by Crippen LogP contribution is -2.47. The molecule has 0 aromatic carbocycles. The fourth-order valence-electron chi connectivity index (χ4n) is 3.16. The highest BCUT2D eigenvalue weighted by atomic mass is 32.2. The maximum Gasteiger partial charge on any atom is 0.244 e. The molecule has 1 aromatic heterocycles. The van der Waals surface area contributed by atoms with E-state index >= 15 is 0 Å². The summed E-state index contributed by atoms with van der Waals surface area (Å²) in [6.45, 7) is 3.12. The molecule has 0 unspecified atom stereocenters. The summed E-state index contributed by atoms with van der Waals surface area (Å²) >= 11 is 0. The fourth-order valence-corrected chi connectivity index (χ4v) is 4.53. The molecule has 1 saturated carbocycles. The zero-order valence-corrected chi connectivity index (χ0v) is 15.0. The first-order valence-corrected chi connectivity index (χ1v) is 9.98. The van der Waals surface area contributed by atoms with Gasteiger partial charge in [-0.1, -0.05) is 0 Å². The van der Waals surface area contributed by atoms with E-state index in [0.29, 0.717) is 25.7 Å². The summed E-state index contributed by atoms with van der Waals surface area (Å²) in [6.07, 6.45) is 4.85. The molecule has 0 atom stereocenters. The highest BCUT2D eigenvalue weighted by molar-refractivity contribution is 7.89. The zero-order valence-electron chi connectivity index (χ0n) is 14.1. The Kier molecular flexibility index (Phi) is 5.39. The largest absolute Gasteiger partial charge is 0.395 e. The molecule has 2 aliphatic rings. The van der Waals surface area contributed by atoms with Gasteiger partial charge >= 0.3 is 0 Å². The van der Waals surface area contributed by atoms with E-state index in [0.717, 1.165) is 31.7 Å². The van der Waals surface area contributed by atoms with Crippen molar-refractivity contribution in [1.82, 2.24) is 14.2 Å². The van der Waals surface area contributed by atoms with Crippen LogP contribution in [0.25, 0.3) is 0 Å². The van der Waals surface area contributed by atoms with Crippen LogP contribution in [0.4, 0.5) is 5.82 Å². The Bertz CT molecular complexity index is 638. The van der Waals surface area contributed by atoms with Gasteiger partial charge in [-0.05, 0) is 38.4 Å². The van der Waals surface area contributed by atoms with Crippen molar-refractivity contribution in [2.24, 2.45) is 0 Å². The lowest BCUT2D eigenvalue weighted by atomic mass is 9.91. The van der Waals surface area contributed by atoms with Gasteiger partial charge in [0.15, 0.2) is 0 Å². The number of hydrogen-bond acceptors (Lipinski definition) is 6. The van der Waals surface area contributed by atoms with Crippen molar-refractivity contribution in [2.75, 3.05) is 51.3 Å². The number of aliphatic hydroxyl groups is 1. The highest BCUT2D eigenvalue weighted by Crippen LogP contribution is 2.29. The van der Waals surface area contributed by atoms with Gasteiger partial charge in [0, 0.05) is 45.0 Å². The van der Waals surface area contributed by atoms with Crippen LogP contribution < -0.4 is 4.90 Å². The van der Waals surface area contributed by atoms with Gasteiger partial charge < -0.3 is 14.9 Å². The molecule has 0 amide bonds. The summed E-state index contributed by atoms with van der Waals surface area (Å²) in [7, 11) is -1.48. The molecule has 1 aliphatic carbocycles. The molecule has 0 spiro atoms. The van der Waals surface area contributed by atoms with Crippen molar-refractivity contribution < 1.29 is 13.5 Å². The molecule has 0 bridgehead atoms. The Balaban J connectivity index is 1.75. The average Bonchev–Trinajstić information content (AvgIpc) is 2.53. The number of aromatic nitrogens is 1. The quantitative estimate of drug-likeness (QED) is 0.795. The molecule has 2 heterocycles. The first-order chi connectivity index (χ1) is 11.5. The average molecular weight is 354 g/mol. The third-order valence-electron chi connectivity index (χ3n) is 4.97. The van der Waals surface area contributed by atoms with E-state index in [1.807, 2.05) is 7.05 Å².